The maximum Gasteiger partial charge on any atom is 0.255 e. The van der Waals surface area contributed by atoms with E-state index in [4.69, 9.17) is 0 Å². The minimum Gasteiger partial charge on any atom is -0.345 e. The first-order valence-electron chi connectivity index (χ1n) is 5.94. The summed E-state index contributed by atoms with van der Waals surface area (Å²) < 4.78 is 1.65. The van der Waals surface area contributed by atoms with E-state index < -0.39 is 0 Å². The Kier molecular flexibility index (Phi) is 3.46. The molecule has 2 rings (SSSR count). The number of amides is 1. The standard InChI is InChI=1S/C14H17N3O/c1-10(12-7-5-4-6-8-12)15-14(18)13-9-17(3)16-11(13)2/h4-10H,1-3H3,(H,15,18)/t10-/m1/s1. The van der Waals surface area contributed by atoms with Gasteiger partial charge in [-0.2, -0.15) is 5.10 Å². The van der Waals surface area contributed by atoms with Crippen LogP contribution < -0.4 is 5.32 Å². The first-order valence-corrected chi connectivity index (χ1v) is 5.94. The summed E-state index contributed by atoms with van der Waals surface area (Å²) in [4.78, 5) is 12.1. The minimum absolute atomic E-state index is 0.0155. The summed E-state index contributed by atoms with van der Waals surface area (Å²) in [6, 6.07) is 9.88. The van der Waals surface area contributed by atoms with Crippen molar-refractivity contribution in [1.29, 1.82) is 0 Å². The summed E-state index contributed by atoms with van der Waals surface area (Å²) in [5, 5.41) is 7.14. The topological polar surface area (TPSA) is 46.9 Å². The van der Waals surface area contributed by atoms with Crippen LogP contribution in [0.3, 0.4) is 0 Å². The fraction of sp³-hybridized carbons (Fsp3) is 0.286. The molecule has 4 nitrogen and oxygen atoms in total. The van der Waals surface area contributed by atoms with Crippen molar-refractivity contribution in [3.8, 4) is 0 Å². The molecule has 1 atom stereocenters. The molecule has 4 heteroatoms. The maximum atomic E-state index is 12.1. The van der Waals surface area contributed by atoms with E-state index in [0.29, 0.717) is 5.56 Å². The summed E-state index contributed by atoms with van der Waals surface area (Å²) in [5.41, 5.74) is 2.46. The summed E-state index contributed by atoms with van der Waals surface area (Å²) in [6.07, 6.45) is 1.74. The van der Waals surface area contributed by atoms with Crippen LogP contribution in [0.2, 0.25) is 0 Å². The predicted octanol–water partition coefficient (Wildman–Crippen LogP) is 2.22. The van der Waals surface area contributed by atoms with Gasteiger partial charge in [0, 0.05) is 13.2 Å². The van der Waals surface area contributed by atoms with Gasteiger partial charge in [-0.3, -0.25) is 9.48 Å². The van der Waals surface area contributed by atoms with Crippen LogP contribution in [-0.4, -0.2) is 15.7 Å². The van der Waals surface area contributed by atoms with E-state index >= 15 is 0 Å². The van der Waals surface area contributed by atoms with Crippen LogP contribution in [0.25, 0.3) is 0 Å². The molecule has 0 saturated heterocycles. The zero-order chi connectivity index (χ0) is 13.1. The number of aromatic nitrogens is 2. The van der Waals surface area contributed by atoms with E-state index in [-0.39, 0.29) is 11.9 Å². The molecule has 0 radical (unpaired) electrons. The average molecular weight is 243 g/mol. The van der Waals surface area contributed by atoms with Crippen LogP contribution in [0.5, 0.6) is 0 Å². The Bertz CT molecular complexity index is 545. The Morgan fingerprint density at radius 1 is 1.33 bits per heavy atom. The van der Waals surface area contributed by atoms with Crippen molar-refractivity contribution < 1.29 is 4.79 Å². The van der Waals surface area contributed by atoms with E-state index in [2.05, 4.69) is 10.4 Å². The van der Waals surface area contributed by atoms with Crippen LogP contribution in [-0.2, 0) is 7.05 Å². The number of rotatable bonds is 3. The van der Waals surface area contributed by atoms with Gasteiger partial charge in [-0.05, 0) is 19.4 Å². The first-order chi connectivity index (χ1) is 8.58. The SMILES string of the molecule is Cc1nn(C)cc1C(=O)N[C@H](C)c1ccccc1. The van der Waals surface area contributed by atoms with Crippen LogP contribution in [0, 0.1) is 6.92 Å². The molecular weight excluding hydrogens is 226 g/mol. The van der Waals surface area contributed by atoms with E-state index in [0.717, 1.165) is 11.3 Å². The average Bonchev–Trinajstić information content (AvgIpc) is 2.69. The van der Waals surface area contributed by atoms with Gasteiger partial charge in [0.1, 0.15) is 0 Å². The Balaban J connectivity index is 2.10. The largest absolute Gasteiger partial charge is 0.345 e. The highest BCUT2D eigenvalue weighted by atomic mass is 16.1. The summed E-state index contributed by atoms with van der Waals surface area (Å²) in [5.74, 6) is -0.0862. The number of nitrogens with one attached hydrogen (secondary N) is 1. The molecule has 0 bridgehead atoms. The fourth-order valence-electron chi connectivity index (χ4n) is 1.92. The first kappa shape index (κ1) is 12.4. The van der Waals surface area contributed by atoms with Gasteiger partial charge in [0.25, 0.3) is 5.91 Å². The molecule has 0 saturated carbocycles. The summed E-state index contributed by atoms with van der Waals surface area (Å²) in [6.45, 7) is 3.81. The molecule has 1 amide bonds. The second-order valence-electron chi connectivity index (χ2n) is 4.41. The molecule has 2 aromatic rings. The third kappa shape index (κ3) is 2.59. The number of hydrogen-bond donors (Lipinski definition) is 1. The Labute approximate surface area is 107 Å². The van der Waals surface area contributed by atoms with E-state index in [1.165, 1.54) is 0 Å². The highest BCUT2D eigenvalue weighted by molar-refractivity contribution is 5.95. The molecule has 0 unspecified atom stereocenters. The molecule has 0 aliphatic carbocycles. The van der Waals surface area contributed by atoms with Gasteiger partial charge >= 0.3 is 0 Å². The maximum absolute atomic E-state index is 12.1. The quantitative estimate of drug-likeness (QED) is 0.898. The van der Waals surface area contributed by atoms with E-state index in [1.54, 1.807) is 10.9 Å². The molecule has 1 aromatic carbocycles. The smallest absolute Gasteiger partial charge is 0.255 e. The Morgan fingerprint density at radius 2 is 2.00 bits per heavy atom. The fourth-order valence-corrected chi connectivity index (χ4v) is 1.92. The normalized spacial score (nSPS) is 12.2. The second kappa shape index (κ2) is 5.04. The molecule has 1 aromatic heterocycles. The highest BCUT2D eigenvalue weighted by Crippen LogP contribution is 2.13. The summed E-state index contributed by atoms with van der Waals surface area (Å²) >= 11 is 0. The number of nitrogens with zero attached hydrogens (tertiary/aromatic N) is 2. The highest BCUT2D eigenvalue weighted by Gasteiger charge is 2.15. The molecule has 1 N–H and O–H groups in total. The lowest BCUT2D eigenvalue weighted by molar-refractivity contribution is 0.0939. The molecule has 0 aliphatic rings. The van der Waals surface area contributed by atoms with Gasteiger partial charge in [-0.25, -0.2) is 0 Å². The van der Waals surface area contributed by atoms with Crippen molar-refractivity contribution in [2.45, 2.75) is 19.9 Å². The lowest BCUT2D eigenvalue weighted by atomic mass is 10.1. The number of carbonyl (C=O) groups excluding carboxylic acids is 1. The van der Waals surface area contributed by atoms with Gasteiger partial charge in [0.05, 0.1) is 17.3 Å². The van der Waals surface area contributed by atoms with Crippen molar-refractivity contribution >= 4 is 5.91 Å². The third-order valence-electron chi connectivity index (χ3n) is 2.91. The predicted molar refractivity (Wildman–Crippen MR) is 70.3 cm³/mol. The lowest BCUT2D eigenvalue weighted by Crippen LogP contribution is -2.26. The zero-order valence-corrected chi connectivity index (χ0v) is 10.8. The number of benzene rings is 1. The van der Waals surface area contributed by atoms with Gasteiger partial charge in [0.2, 0.25) is 0 Å². The Morgan fingerprint density at radius 3 is 2.56 bits per heavy atom. The minimum atomic E-state index is -0.0862. The molecule has 0 aliphatic heterocycles. The number of aryl methyl sites for hydroxylation is 2. The van der Waals surface area contributed by atoms with Crippen molar-refractivity contribution in [1.82, 2.24) is 15.1 Å². The zero-order valence-electron chi connectivity index (χ0n) is 10.8. The van der Waals surface area contributed by atoms with Crippen LogP contribution >= 0.6 is 0 Å². The van der Waals surface area contributed by atoms with Crippen LogP contribution in [0.4, 0.5) is 0 Å². The lowest BCUT2D eigenvalue weighted by Gasteiger charge is -2.13. The van der Waals surface area contributed by atoms with E-state index in [1.807, 2.05) is 51.2 Å². The van der Waals surface area contributed by atoms with Gasteiger partial charge < -0.3 is 5.32 Å². The second-order valence-corrected chi connectivity index (χ2v) is 4.41. The van der Waals surface area contributed by atoms with Crippen molar-refractivity contribution in [2.75, 3.05) is 0 Å². The van der Waals surface area contributed by atoms with Crippen LogP contribution in [0.1, 0.15) is 34.6 Å². The summed E-state index contributed by atoms with van der Waals surface area (Å²) in [7, 11) is 1.81. The number of hydrogen-bond acceptors (Lipinski definition) is 2. The van der Waals surface area contributed by atoms with E-state index in [9.17, 15) is 4.79 Å². The molecule has 0 fully saturated rings. The van der Waals surface area contributed by atoms with Gasteiger partial charge in [-0.1, -0.05) is 30.3 Å². The monoisotopic (exact) mass is 243 g/mol. The molecule has 18 heavy (non-hydrogen) atoms. The van der Waals surface area contributed by atoms with Gasteiger partial charge in [0.15, 0.2) is 0 Å². The van der Waals surface area contributed by atoms with Crippen molar-refractivity contribution in [3.05, 3.63) is 53.3 Å². The molecule has 1 heterocycles. The van der Waals surface area contributed by atoms with Crippen molar-refractivity contribution in [2.24, 2.45) is 7.05 Å². The number of carbonyl (C=O) groups is 1. The molecule has 94 valence electrons. The van der Waals surface area contributed by atoms with Crippen LogP contribution in [0.15, 0.2) is 36.5 Å². The van der Waals surface area contributed by atoms with Crippen molar-refractivity contribution in [3.63, 3.8) is 0 Å². The molecule has 0 spiro atoms. The Hall–Kier alpha value is -2.10. The third-order valence-corrected chi connectivity index (χ3v) is 2.91. The van der Waals surface area contributed by atoms with Gasteiger partial charge in [-0.15, -0.1) is 0 Å². The molecular formula is C14H17N3O.